The van der Waals surface area contributed by atoms with Gasteiger partial charge in [-0.05, 0) is 24.7 Å². The van der Waals surface area contributed by atoms with Crippen molar-refractivity contribution in [1.82, 2.24) is 19.9 Å². The van der Waals surface area contributed by atoms with E-state index in [2.05, 4.69) is 20.3 Å². The number of nitrogens with two attached hydrogens (primary N) is 1. The lowest BCUT2D eigenvalue weighted by molar-refractivity contribution is -0.118. The third kappa shape index (κ3) is 5.48. The molecule has 0 atom stereocenters. The molecule has 0 fully saturated rings. The lowest BCUT2D eigenvalue weighted by Crippen LogP contribution is -2.30. The van der Waals surface area contributed by atoms with E-state index in [1.165, 1.54) is 38.7 Å². The molecule has 0 radical (unpaired) electrons. The second-order valence-corrected chi connectivity index (χ2v) is 8.72. The first-order valence-corrected chi connectivity index (χ1v) is 11.7. The summed E-state index contributed by atoms with van der Waals surface area (Å²) in [4.78, 5) is 39.0. The van der Waals surface area contributed by atoms with E-state index in [4.69, 9.17) is 26.8 Å². The molecule has 4 aromatic rings. The van der Waals surface area contributed by atoms with Crippen LogP contribution >= 0.6 is 11.6 Å². The minimum absolute atomic E-state index is 0.0129. The van der Waals surface area contributed by atoms with Crippen LogP contribution in [0.25, 0.3) is 22.2 Å². The summed E-state index contributed by atoms with van der Waals surface area (Å²) < 4.78 is 25.8. The van der Waals surface area contributed by atoms with E-state index < -0.39 is 17.6 Å². The summed E-state index contributed by atoms with van der Waals surface area (Å²) in [5, 5.41) is 2.76. The summed E-state index contributed by atoms with van der Waals surface area (Å²) >= 11 is 6.47. The first-order chi connectivity index (χ1) is 18.2. The van der Waals surface area contributed by atoms with Gasteiger partial charge in [-0.15, -0.1) is 0 Å². The molecule has 10 nitrogen and oxygen atoms in total. The van der Waals surface area contributed by atoms with Gasteiger partial charge in [0.15, 0.2) is 11.6 Å². The van der Waals surface area contributed by atoms with E-state index in [1.807, 2.05) is 0 Å². The van der Waals surface area contributed by atoms with Crippen LogP contribution in [0.1, 0.15) is 15.9 Å². The van der Waals surface area contributed by atoms with Crippen LogP contribution in [0, 0.1) is 5.82 Å². The maximum atomic E-state index is 15.4. The Balaban J connectivity index is 1.67. The van der Waals surface area contributed by atoms with Crippen LogP contribution in [-0.2, 0) is 11.3 Å². The van der Waals surface area contributed by atoms with Gasteiger partial charge in [-0.3, -0.25) is 24.5 Å². The number of hydrogen-bond acceptors (Lipinski definition) is 8. The molecule has 0 aliphatic heterocycles. The van der Waals surface area contributed by atoms with E-state index in [-0.39, 0.29) is 45.2 Å². The second-order valence-electron chi connectivity index (χ2n) is 8.34. The van der Waals surface area contributed by atoms with Gasteiger partial charge in [0.1, 0.15) is 17.1 Å². The van der Waals surface area contributed by atoms with Gasteiger partial charge in [0.2, 0.25) is 5.91 Å². The first-order valence-electron chi connectivity index (χ1n) is 11.3. The molecule has 4 rings (SSSR count). The van der Waals surface area contributed by atoms with Crippen molar-refractivity contribution >= 4 is 40.3 Å². The maximum Gasteiger partial charge on any atom is 0.259 e. The SMILES string of the molecule is COc1cc(OC)c(Cl)c(-c2ccc(C(=O)Nc3ccc(CN(C)CC(N)=O)cn3)c3nccnc23)c1F. The normalized spacial score (nSPS) is 11.0. The molecule has 12 heteroatoms. The molecule has 0 aliphatic carbocycles. The van der Waals surface area contributed by atoms with E-state index in [0.29, 0.717) is 17.9 Å². The Morgan fingerprint density at radius 1 is 1.05 bits per heavy atom. The zero-order chi connectivity index (χ0) is 27.4. The number of carbonyl (C=O) groups is 2. The quantitative estimate of drug-likeness (QED) is 0.330. The molecule has 0 unspecified atom stereocenters. The average Bonchev–Trinajstić information content (AvgIpc) is 2.89. The lowest BCUT2D eigenvalue weighted by atomic mass is 9.99. The number of nitrogens with one attached hydrogen (secondary N) is 1. The fraction of sp³-hybridized carbons (Fsp3) is 0.192. The van der Waals surface area contributed by atoms with Crippen LogP contribution in [-0.4, -0.2) is 59.5 Å². The van der Waals surface area contributed by atoms with Crippen molar-refractivity contribution in [3.8, 4) is 22.6 Å². The van der Waals surface area contributed by atoms with Gasteiger partial charge in [-0.25, -0.2) is 9.37 Å². The average molecular weight is 539 g/mol. The number of pyridine rings is 1. The molecule has 0 bridgehead atoms. The number of aromatic nitrogens is 3. The summed E-state index contributed by atoms with van der Waals surface area (Å²) in [7, 11) is 4.51. The van der Waals surface area contributed by atoms with Gasteiger partial charge in [-0.2, -0.15) is 0 Å². The highest BCUT2D eigenvalue weighted by Crippen LogP contribution is 2.44. The highest BCUT2D eigenvalue weighted by molar-refractivity contribution is 6.35. The number of methoxy groups -OCH3 is 2. The molecule has 2 amide bonds. The third-order valence-corrected chi connectivity index (χ3v) is 6.03. The van der Waals surface area contributed by atoms with Gasteiger partial charge >= 0.3 is 0 Å². The van der Waals surface area contributed by atoms with Crippen LogP contribution in [0.4, 0.5) is 10.2 Å². The second kappa shape index (κ2) is 11.4. The first kappa shape index (κ1) is 26.7. The van der Waals surface area contributed by atoms with Crippen molar-refractivity contribution in [2.45, 2.75) is 6.54 Å². The number of halogens is 2. The summed E-state index contributed by atoms with van der Waals surface area (Å²) in [6.45, 7) is 0.570. The van der Waals surface area contributed by atoms with Crippen molar-refractivity contribution in [3.05, 3.63) is 70.9 Å². The highest BCUT2D eigenvalue weighted by atomic mass is 35.5. The number of benzene rings is 2. The molecule has 38 heavy (non-hydrogen) atoms. The molecule has 2 aromatic carbocycles. The summed E-state index contributed by atoms with van der Waals surface area (Å²) in [5.41, 5.74) is 7.08. The number of nitrogens with zero attached hydrogens (tertiary/aromatic N) is 4. The molecule has 196 valence electrons. The van der Waals surface area contributed by atoms with Crippen LogP contribution in [0.5, 0.6) is 11.5 Å². The molecule has 0 saturated heterocycles. The summed E-state index contributed by atoms with van der Waals surface area (Å²) in [5.74, 6) is -1.15. The van der Waals surface area contributed by atoms with Crippen molar-refractivity contribution in [3.63, 3.8) is 0 Å². The van der Waals surface area contributed by atoms with Gasteiger partial charge in [-0.1, -0.05) is 23.7 Å². The fourth-order valence-corrected chi connectivity index (χ4v) is 4.29. The number of carbonyl (C=O) groups excluding carboxylic acids is 2. The molecular formula is C26H24ClFN6O4. The predicted molar refractivity (Wildman–Crippen MR) is 141 cm³/mol. The van der Waals surface area contributed by atoms with Crippen LogP contribution in [0.15, 0.2) is 48.9 Å². The Hall–Kier alpha value is -4.35. The minimum atomic E-state index is -0.701. The predicted octanol–water partition coefficient (Wildman–Crippen LogP) is 3.67. The molecule has 0 spiro atoms. The smallest absolute Gasteiger partial charge is 0.259 e. The number of rotatable bonds is 9. The number of hydrogen-bond donors (Lipinski definition) is 2. The van der Waals surface area contributed by atoms with Crippen molar-refractivity contribution in [2.75, 3.05) is 33.1 Å². The Morgan fingerprint density at radius 2 is 1.76 bits per heavy atom. The number of likely N-dealkylation sites (N-methyl/N-ethyl adjacent to an activating group) is 1. The van der Waals surface area contributed by atoms with Crippen molar-refractivity contribution in [1.29, 1.82) is 0 Å². The van der Waals surface area contributed by atoms with Crippen LogP contribution in [0.2, 0.25) is 5.02 Å². The van der Waals surface area contributed by atoms with Crippen molar-refractivity contribution < 1.29 is 23.5 Å². The zero-order valence-electron chi connectivity index (χ0n) is 20.8. The Bertz CT molecular complexity index is 1490. The topological polar surface area (TPSA) is 133 Å². The number of ether oxygens (including phenoxy) is 2. The molecule has 0 aliphatic rings. The molecule has 3 N–H and O–H groups in total. The Morgan fingerprint density at radius 3 is 2.39 bits per heavy atom. The molecule has 2 aromatic heterocycles. The van der Waals surface area contributed by atoms with E-state index in [9.17, 15) is 9.59 Å². The highest BCUT2D eigenvalue weighted by Gasteiger charge is 2.24. The van der Waals surface area contributed by atoms with Gasteiger partial charge in [0.25, 0.3) is 5.91 Å². The number of fused-ring (bicyclic) bond motifs is 1. The largest absolute Gasteiger partial charge is 0.495 e. The maximum absolute atomic E-state index is 15.4. The van der Waals surface area contributed by atoms with E-state index in [1.54, 1.807) is 36.3 Å². The van der Waals surface area contributed by atoms with Gasteiger partial charge < -0.3 is 20.5 Å². The van der Waals surface area contributed by atoms with E-state index in [0.717, 1.165) is 5.56 Å². The van der Waals surface area contributed by atoms with E-state index >= 15 is 4.39 Å². The van der Waals surface area contributed by atoms with Crippen LogP contribution in [0.3, 0.4) is 0 Å². The summed E-state index contributed by atoms with van der Waals surface area (Å²) in [6, 6.07) is 7.83. The minimum Gasteiger partial charge on any atom is -0.495 e. The standard InChI is InChI=1S/C26H24ClFN6O4/c1-34(13-19(29)35)12-14-4-7-20(32-11-14)33-26(36)16-6-5-15(24-25(16)31-9-8-30-24)21-22(27)17(37-2)10-18(38-3)23(21)28/h4-11H,12-13H2,1-3H3,(H2,29,35)(H,32,33,36). The molecule has 2 heterocycles. The molecule has 0 saturated carbocycles. The van der Waals surface area contributed by atoms with Gasteiger partial charge in [0, 0.05) is 42.3 Å². The number of primary amides is 1. The Labute approximate surface area is 222 Å². The van der Waals surface area contributed by atoms with Crippen LogP contribution < -0.4 is 20.5 Å². The third-order valence-electron chi connectivity index (χ3n) is 5.66. The van der Waals surface area contributed by atoms with Gasteiger partial charge in [0.05, 0.1) is 36.9 Å². The fourth-order valence-electron chi connectivity index (χ4n) is 3.97. The lowest BCUT2D eigenvalue weighted by Gasteiger charge is -2.16. The summed E-state index contributed by atoms with van der Waals surface area (Å²) in [6.07, 6.45) is 4.46. The zero-order valence-corrected chi connectivity index (χ0v) is 21.5. The number of anilines is 1. The Kier molecular flexibility index (Phi) is 7.99. The molecular weight excluding hydrogens is 515 g/mol. The van der Waals surface area contributed by atoms with Crippen molar-refractivity contribution in [2.24, 2.45) is 5.73 Å². The monoisotopic (exact) mass is 538 g/mol. The number of amides is 2.